The van der Waals surface area contributed by atoms with Crippen molar-refractivity contribution in [3.05, 3.63) is 35.3 Å². The fraction of sp³-hybridized carbons (Fsp3) is 0.0909. The average molecular weight is 285 g/mol. The summed E-state index contributed by atoms with van der Waals surface area (Å²) in [6, 6.07) is 4.81. The second-order valence-electron chi connectivity index (χ2n) is 3.42. The van der Waals surface area contributed by atoms with Crippen LogP contribution in [0, 0.1) is 0 Å². The van der Waals surface area contributed by atoms with E-state index in [-0.39, 0.29) is 5.91 Å². The Morgan fingerprint density at radius 1 is 1.56 bits per heavy atom. The zero-order valence-electron chi connectivity index (χ0n) is 9.51. The molecule has 2 aromatic rings. The van der Waals surface area contributed by atoms with E-state index in [0.717, 1.165) is 0 Å². The van der Waals surface area contributed by atoms with Crippen LogP contribution in [0.3, 0.4) is 0 Å². The second-order valence-corrected chi connectivity index (χ2v) is 5.64. The number of amides is 1. The van der Waals surface area contributed by atoms with Crippen molar-refractivity contribution >= 4 is 37.1 Å². The van der Waals surface area contributed by atoms with E-state index in [1.807, 2.05) is 0 Å². The number of hydrogen-bond donors (Lipinski definition) is 2. The summed E-state index contributed by atoms with van der Waals surface area (Å²) in [5.41, 5.74) is 6.54. The molecule has 1 aromatic heterocycles. The number of hydrogen-bond acceptors (Lipinski definition) is 4. The van der Waals surface area contributed by atoms with E-state index in [4.69, 9.17) is 21.2 Å². The Morgan fingerprint density at radius 3 is 2.94 bits per heavy atom. The summed E-state index contributed by atoms with van der Waals surface area (Å²) in [6.45, 7) is 0. The highest BCUT2D eigenvalue weighted by Crippen LogP contribution is 2.32. The number of thiazole rings is 1. The molecule has 0 aliphatic rings. The Bertz CT molecular complexity index is 585. The number of nitrogens with one attached hydrogen (secondary N) is 1. The molecule has 2 rings (SSSR count). The standard InChI is InChI=1S/C11H10ClN3O2S/c1-17-9-6-7(13)2-3-8(9)10(16)15-11-14-4-5-18(11)12/h2-6H,1H3,(H2-,13,14,15,16)/p+1. The lowest BCUT2D eigenvalue weighted by Crippen LogP contribution is -2.13. The molecule has 0 saturated heterocycles. The van der Waals surface area contributed by atoms with Gasteiger partial charge in [-0.25, -0.2) is 0 Å². The number of nitrogens with two attached hydrogens (primary N) is 1. The Labute approximate surface area is 111 Å². The molecule has 5 nitrogen and oxygen atoms in total. The van der Waals surface area contributed by atoms with E-state index >= 15 is 0 Å². The number of anilines is 2. The summed E-state index contributed by atoms with van der Waals surface area (Å²) in [5.74, 6) is 0.0842. The van der Waals surface area contributed by atoms with E-state index in [2.05, 4.69) is 10.3 Å². The van der Waals surface area contributed by atoms with Crippen LogP contribution in [0.5, 0.6) is 5.75 Å². The quantitative estimate of drug-likeness (QED) is 0.671. The van der Waals surface area contributed by atoms with Crippen LogP contribution in [0.4, 0.5) is 10.8 Å². The van der Waals surface area contributed by atoms with Crippen molar-refractivity contribution in [2.24, 2.45) is 0 Å². The minimum Gasteiger partial charge on any atom is -0.496 e. The van der Waals surface area contributed by atoms with Gasteiger partial charge < -0.3 is 10.5 Å². The fourth-order valence-corrected chi connectivity index (χ4v) is 2.43. The Morgan fingerprint density at radius 2 is 2.33 bits per heavy atom. The number of rotatable bonds is 3. The van der Waals surface area contributed by atoms with Gasteiger partial charge in [-0.2, -0.15) is 4.98 Å². The monoisotopic (exact) mass is 284 g/mol. The first-order valence-corrected chi connectivity index (χ1v) is 7.12. The normalized spacial score (nSPS) is 11.1. The smallest absolute Gasteiger partial charge is 0.366 e. The largest absolute Gasteiger partial charge is 0.496 e. The van der Waals surface area contributed by atoms with Gasteiger partial charge in [-0.05, 0) is 12.1 Å². The van der Waals surface area contributed by atoms with Crippen LogP contribution in [0.1, 0.15) is 10.4 Å². The lowest BCUT2D eigenvalue weighted by Gasteiger charge is -2.07. The molecule has 1 atom stereocenters. The molecule has 0 radical (unpaired) electrons. The molecular weight excluding hydrogens is 274 g/mol. The van der Waals surface area contributed by atoms with Crippen LogP contribution in [0.15, 0.2) is 29.8 Å². The maximum absolute atomic E-state index is 12.0. The molecule has 1 aromatic carbocycles. The number of halogens is 1. The number of carbonyl (C=O) groups excluding carboxylic acids is 1. The van der Waals surface area contributed by atoms with Gasteiger partial charge in [0, 0.05) is 11.8 Å². The molecule has 1 unspecified atom stereocenters. The average Bonchev–Trinajstić information content (AvgIpc) is 2.74. The van der Waals surface area contributed by atoms with Crippen LogP contribution in [-0.4, -0.2) is 18.0 Å². The van der Waals surface area contributed by atoms with Crippen LogP contribution < -0.4 is 15.8 Å². The first-order valence-electron chi connectivity index (χ1n) is 5.00. The van der Waals surface area contributed by atoms with Crippen molar-refractivity contribution in [1.82, 2.24) is 4.98 Å². The highest BCUT2D eigenvalue weighted by Gasteiger charge is 2.19. The van der Waals surface area contributed by atoms with Gasteiger partial charge in [-0.3, -0.25) is 10.1 Å². The molecule has 0 aliphatic carbocycles. The van der Waals surface area contributed by atoms with Crippen molar-refractivity contribution in [3.63, 3.8) is 0 Å². The van der Waals surface area contributed by atoms with Crippen LogP contribution in [-0.2, 0) is 0 Å². The third-order valence-electron chi connectivity index (χ3n) is 2.25. The number of methoxy groups -OCH3 is 1. The summed E-state index contributed by atoms with van der Waals surface area (Å²) >= 11 is 0. The number of aromatic nitrogens is 1. The predicted molar refractivity (Wildman–Crippen MR) is 73.3 cm³/mol. The predicted octanol–water partition coefficient (Wildman–Crippen LogP) is 2.68. The topological polar surface area (TPSA) is 77.2 Å². The molecule has 18 heavy (non-hydrogen) atoms. The molecule has 94 valence electrons. The van der Waals surface area contributed by atoms with E-state index in [0.29, 0.717) is 22.1 Å². The second kappa shape index (κ2) is 5.24. The molecule has 3 N–H and O–H groups in total. The molecule has 1 amide bonds. The molecule has 7 heteroatoms. The number of ether oxygens (including phenoxy) is 1. The highest BCUT2D eigenvalue weighted by atomic mass is 35.7. The van der Waals surface area contributed by atoms with Gasteiger partial charge in [0.15, 0.2) is 5.38 Å². The maximum Gasteiger partial charge on any atom is 0.366 e. The number of nitrogens with zero attached hydrogens (tertiary/aromatic N) is 1. The Kier molecular flexibility index (Phi) is 3.69. The van der Waals surface area contributed by atoms with Crippen LogP contribution in [0.25, 0.3) is 0 Å². The van der Waals surface area contributed by atoms with Crippen molar-refractivity contribution in [3.8, 4) is 5.75 Å². The van der Waals surface area contributed by atoms with Gasteiger partial charge in [0.25, 0.3) is 5.91 Å². The summed E-state index contributed by atoms with van der Waals surface area (Å²) < 4.78 is 5.11. The van der Waals surface area contributed by atoms with E-state index < -0.39 is 9.68 Å². The van der Waals surface area contributed by atoms with Gasteiger partial charge in [-0.15, -0.1) is 0 Å². The Balaban J connectivity index is 2.26. The molecule has 1 heterocycles. The highest BCUT2D eigenvalue weighted by molar-refractivity contribution is 7.63. The zero-order chi connectivity index (χ0) is 13.1. The molecule has 0 saturated carbocycles. The van der Waals surface area contributed by atoms with Gasteiger partial charge in [0.2, 0.25) is 10.7 Å². The molecule has 0 aliphatic heterocycles. The lowest BCUT2D eigenvalue weighted by atomic mass is 10.1. The fourth-order valence-electron chi connectivity index (χ4n) is 1.41. The third kappa shape index (κ3) is 2.55. The first-order chi connectivity index (χ1) is 8.61. The summed E-state index contributed by atoms with van der Waals surface area (Å²) in [5, 5.41) is 4.78. The summed E-state index contributed by atoms with van der Waals surface area (Å²) in [6.07, 6.45) is 1.56. The molecule has 0 bridgehead atoms. The minimum atomic E-state index is -0.674. The molecular formula is C11H11ClN3O2S+. The summed E-state index contributed by atoms with van der Waals surface area (Å²) in [7, 11) is 6.76. The molecule has 0 spiro atoms. The number of benzene rings is 1. The maximum atomic E-state index is 12.0. The van der Waals surface area contributed by atoms with Gasteiger partial charge in [0.05, 0.1) is 18.9 Å². The van der Waals surface area contributed by atoms with Crippen LogP contribution in [0.2, 0.25) is 0 Å². The van der Waals surface area contributed by atoms with Crippen LogP contribution >= 0.6 is 20.4 Å². The van der Waals surface area contributed by atoms with E-state index in [1.165, 1.54) is 7.11 Å². The molecule has 0 fully saturated rings. The van der Waals surface area contributed by atoms with Gasteiger partial charge >= 0.3 is 5.13 Å². The van der Waals surface area contributed by atoms with Crippen molar-refractivity contribution in [2.45, 2.75) is 0 Å². The van der Waals surface area contributed by atoms with Gasteiger partial charge in [-0.1, -0.05) is 0 Å². The van der Waals surface area contributed by atoms with E-state index in [9.17, 15) is 4.79 Å². The van der Waals surface area contributed by atoms with E-state index in [1.54, 1.807) is 29.8 Å². The van der Waals surface area contributed by atoms with Gasteiger partial charge in [0.1, 0.15) is 15.4 Å². The minimum absolute atomic E-state index is 0.326. The lowest BCUT2D eigenvalue weighted by molar-refractivity contribution is 0.102. The first kappa shape index (κ1) is 12.7. The Hall–Kier alpha value is -1.79. The van der Waals surface area contributed by atoms with Crippen molar-refractivity contribution in [1.29, 1.82) is 0 Å². The third-order valence-corrected chi connectivity index (χ3v) is 3.93. The number of carbonyl (C=O) groups is 1. The van der Waals surface area contributed by atoms with Crippen molar-refractivity contribution < 1.29 is 9.53 Å². The summed E-state index contributed by atoms with van der Waals surface area (Å²) in [4.78, 5) is 16.0. The number of nitrogen functional groups attached to an aromatic ring is 1. The van der Waals surface area contributed by atoms with Crippen molar-refractivity contribution in [2.75, 3.05) is 18.2 Å². The zero-order valence-corrected chi connectivity index (χ0v) is 11.1. The SMILES string of the molecule is COc1cc(N)ccc1C(=O)Nc1ncc[s+]1Cl.